The Morgan fingerprint density at radius 3 is 2.43 bits per heavy atom. The Morgan fingerprint density at radius 2 is 1.80 bits per heavy atom. The second-order valence-electron chi connectivity index (χ2n) is 8.42. The van der Waals surface area contributed by atoms with E-state index in [1.165, 1.54) is 0 Å². The number of benzene rings is 2. The van der Waals surface area contributed by atoms with E-state index >= 15 is 0 Å². The monoisotopic (exact) mass is 414 g/mol. The van der Waals surface area contributed by atoms with E-state index in [4.69, 9.17) is 9.47 Å². The van der Waals surface area contributed by atoms with Crippen LogP contribution in [0.1, 0.15) is 44.9 Å². The summed E-state index contributed by atoms with van der Waals surface area (Å²) in [6.45, 7) is 7.77. The second kappa shape index (κ2) is 11.0. The van der Waals surface area contributed by atoms with Crippen LogP contribution in [0, 0.1) is 0 Å². The van der Waals surface area contributed by atoms with E-state index in [9.17, 15) is 9.90 Å². The van der Waals surface area contributed by atoms with Crippen molar-refractivity contribution in [2.45, 2.75) is 57.9 Å². The van der Waals surface area contributed by atoms with Crippen molar-refractivity contribution in [3.8, 4) is 5.75 Å². The first-order chi connectivity index (χ1) is 14.2. The van der Waals surface area contributed by atoms with E-state index in [1.54, 1.807) is 7.11 Å². The van der Waals surface area contributed by atoms with Crippen LogP contribution in [-0.2, 0) is 11.2 Å². The van der Waals surface area contributed by atoms with Gasteiger partial charge in [0.05, 0.1) is 19.3 Å². The third kappa shape index (κ3) is 8.05. The maximum atomic E-state index is 12.3. The minimum absolute atomic E-state index is 0.00801. The maximum absolute atomic E-state index is 12.3. The van der Waals surface area contributed by atoms with Gasteiger partial charge < -0.3 is 25.2 Å². The number of aliphatic hydroxyl groups excluding tert-OH is 1. The number of carbonyl (C=O) groups excluding carboxylic acids is 1. The van der Waals surface area contributed by atoms with E-state index in [1.807, 2.05) is 82.3 Å². The standard InChI is InChI=1S/C24H34N2O4/c1-17(19-12-9-13-20(15-19)29-5)25-16-22(27)21(14-18-10-7-6-8-11-18)26-23(28)30-24(2,3)4/h6-13,15,17,21-22,25,27H,14,16H2,1-5H3,(H,26,28)/t17-,21-,22-/m0/s1. The Labute approximate surface area is 179 Å². The molecule has 6 nitrogen and oxygen atoms in total. The van der Waals surface area contributed by atoms with Gasteiger partial charge in [0.2, 0.25) is 0 Å². The van der Waals surface area contributed by atoms with Gasteiger partial charge in [-0.3, -0.25) is 0 Å². The van der Waals surface area contributed by atoms with Crippen LogP contribution in [0.15, 0.2) is 54.6 Å². The highest BCUT2D eigenvalue weighted by atomic mass is 16.6. The summed E-state index contributed by atoms with van der Waals surface area (Å²) in [5.74, 6) is 0.787. The number of hydrogen-bond acceptors (Lipinski definition) is 5. The molecule has 1 amide bonds. The van der Waals surface area contributed by atoms with Gasteiger partial charge in [0, 0.05) is 12.6 Å². The lowest BCUT2D eigenvalue weighted by atomic mass is 10.0. The molecule has 0 spiro atoms. The molecule has 0 unspecified atom stereocenters. The second-order valence-corrected chi connectivity index (χ2v) is 8.42. The summed E-state index contributed by atoms with van der Waals surface area (Å²) in [6, 6.07) is 17.1. The van der Waals surface area contributed by atoms with Gasteiger partial charge in [-0.15, -0.1) is 0 Å². The molecule has 0 saturated heterocycles. The highest BCUT2D eigenvalue weighted by Crippen LogP contribution is 2.19. The lowest BCUT2D eigenvalue weighted by Gasteiger charge is -2.28. The smallest absolute Gasteiger partial charge is 0.407 e. The van der Waals surface area contributed by atoms with Gasteiger partial charge in [0.15, 0.2) is 0 Å². The Kier molecular flexibility index (Phi) is 8.69. The lowest BCUT2D eigenvalue weighted by Crippen LogP contribution is -2.50. The molecule has 2 rings (SSSR count). The van der Waals surface area contributed by atoms with Crippen LogP contribution in [0.3, 0.4) is 0 Å². The van der Waals surface area contributed by atoms with Gasteiger partial charge in [0.1, 0.15) is 11.4 Å². The summed E-state index contributed by atoms with van der Waals surface area (Å²) in [7, 11) is 1.64. The number of alkyl carbamates (subject to hydrolysis) is 1. The van der Waals surface area contributed by atoms with E-state index in [0.717, 1.165) is 16.9 Å². The number of methoxy groups -OCH3 is 1. The Bertz CT molecular complexity index is 789. The number of hydrogen-bond donors (Lipinski definition) is 3. The molecule has 0 aliphatic carbocycles. The maximum Gasteiger partial charge on any atom is 0.407 e. The molecule has 0 bridgehead atoms. The van der Waals surface area contributed by atoms with Crippen molar-refractivity contribution in [3.63, 3.8) is 0 Å². The first-order valence-corrected chi connectivity index (χ1v) is 10.3. The van der Waals surface area contributed by atoms with Crippen LogP contribution in [0.25, 0.3) is 0 Å². The van der Waals surface area contributed by atoms with Gasteiger partial charge in [-0.25, -0.2) is 4.79 Å². The van der Waals surface area contributed by atoms with E-state index in [2.05, 4.69) is 10.6 Å². The number of nitrogens with one attached hydrogen (secondary N) is 2. The first-order valence-electron chi connectivity index (χ1n) is 10.3. The minimum Gasteiger partial charge on any atom is -0.497 e. The SMILES string of the molecule is COc1cccc([C@H](C)NC[C@H](O)[C@H](Cc2ccccc2)NC(=O)OC(C)(C)C)c1. The molecule has 0 fully saturated rings. The number of rotatable bonds is 9. The highest BCUT2D eigenvalue weighted by Gasteiger charge is 2.25. The molecule has 30 heavy (non-hydrogen) atoms. The average Bonchev–Trinajstić information content (AvgIpc) is 2.70. The fourth-order valence-corrected chi connectivity index (χ4v) is 3.08. The van der Waals surface area contributed by atoms with Gasteiger partial charge in [-0.2, -0.15) is 0 Å². The number of amides is 1. The molecule has 3 N–H and O–H groups in total. The normalized spacial score (nSPS) is 14.5. The number of aliphatic hydroxyl groups is 1. The van der Waals surface area contributed by atoms with Crippen LogP contribution < -0.4 is 15.4 Å². The third-order valence-electron chi connectivity index (χ3n) is 4.69. The molecule has 0 saturated carbocycles. The molecule has 0 aliphatic heterocycles. The van der Waals surface area contributed by atoms with Crippen molar-refractivity contribution in [1.82, 2.24) is 10.6 Å². The highest BCUT2D eigenvalue weighted by molar-refractivity contribution is 5.68. The molecular weight excluding hydrogens is 380 g/mol. The van der Waals surface area contributed by atoms with Crippen molar-refractivity contribution in [2.75, 3.05) is 13.7 Å². The summed E-state index contributed by atoms with van der Waals surface area (Å²) >= 11 is 0. The van der Waals surface area contributed by atoms with E-state index in [0.29, 0.717) is 13.0 Å². The minimum atomic E-state index is -0.800. The zero-order valence-electron chi connectivity index (χ0n) is 18.5. The van der Waals surface area contributed by atoms with Crippen molar-refractivity contribution < 1.29 is 19.4 Å². The Balaban J connectivity index is 2.03. The quantitative estimate of drug-likeness (QED) is 0.581. The van der Waals surface area contributed by atoms with Crippen molar-refractivity contribution in [2.24, 2.45) is 0 Å². The number of carbonyl (C=O) groups is 1. The molecule has 0 radical (unpaired) electrons. The molecule has 0 aliphatic rings. The average molecular weight is 415 g/mol. The molecule has 3 atom stereocenters. The zero-order chi connectivity index (χ0) is 22.1. The van der Waals surface area contributed by atoms with Gasteiger partial charge in [-0.1, -0.05) is 42.5 Å². The van der Waals surface area contributed by atoms with Crippen LogP contribution in [0.4, 0.5) is 4.79 Å². The third-order valence-corrected chi connectivity index (χ3v) is 4.69. The zero-order valence-corrected chi connectivity index (χ0v) is 18.5. The fourth-order valence-electron chi connectivity index (χ4n) is 3.08. The summed E-state index contributed by atoms with van der Waals surface area (Å²) in [5.41, 5.74) is 1.48. The van der Waals surface area contributed by atoms with E-state index in [-0.39, 0.29) is 6.04 Å². The molecule has 0 heterocycles. The molecule has 0 aromatic heterocycles. The van der Waals surface area contributed by atoms with Gasteiger partial charge in [-0.05, 0) is 57.4 Å². The lowest BCUT2D eigenvalue weighted by molar-refractivity contribution is 0.0420. The van der Waals surface area contributed by atoms with Crippen molar-refractivity contribution >= 4 is 6.09 Å². The predicted molar refractivity (Wildman–Crippen MR) is 119 cm³/mol. The van der Waals surface area contributed by atoms with Crippen LogP contribution in [-0.4, -0.2) is 42.6 Å². The molecule has 6 heteroatoms. The number of ether oxygens (including phenoxy) is 2. The first kappa shape index (κ1) is 23.7. The van der Waals surface area contributed by atoms with Crippen molar-refractivity contribution in [1.29, 1.82) is 0 Å². The Hall–Kier alpha value is -2.57. The van der Waals surface area contributed by atoms with Gasteiger partial charge >= 0.3 is 6.09 Å². The van der Waals surface area contributed by atoms with E-state index < -0.39 is 23.8 Å². The fraction of sp³-hybridized carbons (Fsp3) is 0.458. The molecular formula is C24H34N2O4. The summed E-state index contributed by atoms with van der Waals surface area (Å²) < 4.78 is 10.7. The molecule has 164 valence electrons. The summed E-state index contributed by atoms with van der Waals surface area (Å²) in [4.78, 5) is 12.3. The van der Waals surface area contributed by atoms with Crippen LogP contribution >= 0.6 is 0 Å². The van der Waals surface area contributed by atoms with Crippen LogP contribution in [0.2, 0.25) is 0 Å². The predicted octanol–water partition coefficient (Wildman–Crippen LogP) is 3.84. The van der Waals surface area contributed by atoms with Gasteiger partial charge in [0.25, 0.3) is 0 Å². The Morgan fingerprint density at radius 1 is 1.10 bits per heavy atom. The molecule has 2 aromatic rings. The molecule has 2 aromatic carbocycles. The summed E-state index contributed by atoms with van der Waals surface area (Å²) in [6.07, 6.45) is -0.842. The van der Waals surface area contributed by atoms with Crippen LogP contribution in [0.5, 0.6) is 5.75 Å². The largest absolute Gasteiger partial charge is 0.497 e. The topological polar surface area (TPSA) is 79.8 Å². The summed E-state index contributed by atoms with van der Waals surface area (Å²) in [5, 5.41) is 17.0. The van der Waals surface area contributed by atoms with Crippen molar-refractivity contribution in [3.05, 3.63) is 65.7 Å².